The van der Waals surface area contributed by atoms with Gasteiger partial charge in [0.15, 0.2) is 35.7 Å². The highest BCUT2D eigenvalue weighted by Gasteiger charge is 2.32. The SMILES string of the molecule is C=CCOC(=O)N[C@@H](CC(=O)O)C(=O)COC(=O)c1c(F)c(F)c(F)c(F)c1F. The van der Waals surface area contributed by atoms with Crippen molar-refractivity contribution < 1.29 is 55.7 Å². The number of hydrogen-bond donors (Lipinski definition) is 2. The molecule has 1 aromatic rings. The van der Waals surface area contributed by atoms with Crippen molar-refractivity contribution in [2.75, 3.05) is 13.2 Å². The molecule has 0 bridgehead atoms. The van der Waals surface area contributed by atoms with Gasteiger partial charge in [-0.15, -0.1) is 0 Å². The minimum atomic E-state index is -2.50. The average Bonchev–Trinajstić information content (AvgIpc) is 2.66. The largest absolute Gasteiger partial charge is 0.481 e. The van der Waals surface area contributed by atoms with E-state index in [4.69, 9.17) is 5.11 Å². The molecule has 2 N–H and O–H groups in total. The lowest BCUT2D eigenvalue weighted by Gasteiger charge is -2.15. The first-order chi connectivity index (χ1) is 13.5. The van der Waals surface area contributed by atoms with Crippen LogP contribution in [0, 0.1) is 29.1 Å². The molecule has 0 fully saturated rings. The second kappa shape index (κ2) is 10.1. The van der Waals surface area contributed by atoms with Gasteiger partial charge in [-0.1, -0.05) is 12.7 Å². The van der Waals surface area contributed by atoms with Crippen LogP contribution in [0.15, 0.2) is 12.7 Å². The zero-order chi connectivity index (χ0) is 22.3. The number of amides is 1. The molecular formula is C16H12F5NO7. The summed E-state index contributed by atoms with van der Waals surface area (Å²) < 4.78 is 74.9. The number of benzene rings is 1. The van der Waals surface area contributed by atoms with E-state index in [2.05, 4.69) is 16.1 Å². The molecule has 1 amide bonds. The Bertz CT molecular complexity index is 830. The average molecular weight is 425 g/mol. The van der Waals surface area contributed by atoms with Gasteiger partial charge in [-0.25, -0.2) is 31.5 Å². The van der Waals surface area contributed by atoms with E-state index < -0.39 is 77.5 Å². The number of rotatable bonds is 9. The molecule has 1 atom stereocenters. The molecule has 8 nitrogen and oxygen atoms in total. The minimum absolute atomic E-state index is 0.283. The van der Waals surface area contributed by atoms with E-state index in [0.29, 0.717) is 0 Å². The van der Waals surface area contributed by atoms with Crippen LogP contribution in [0.2, 0.25) is 0 Å². The number of aliphatic carboxylic acids is 1. The lowest BCUT2D eigenvalue weighted by atomic mass is 10.1. The van der Waals surface area contributed by atoms with Crippen molar-refractivity contribution in [3.05, 3.63) is 47.3 Å². The summed E-state index contributed by atoms with van der Waals surface area (Å²) in [6.45, 7) is 1.61. The second-order valence-corrected chi connectivity index (χ2v) is 5.17. The van der Waals surface area contributed by atoms with Crippen LogP contribution in [0.4, 0.5) is 26.7 Å². The van der Waals surface area contributed by atoms with Gasteiger partial charge in [-0.05, 0) is 0 Å². The van der Waals surface area contributed by atoms with E-state index in [-0.39, 0.29) is 6.61 Å². The monoisotopic (exact) mass is 425 g/mol. The Labute approximate surface area is 158 Å². The van der Waals surface area contributed by atoms with Gasteiger partial charge in [0.1, 0.15) is 18.2 Å². The highest BCUT2D eigenvalue weighted by atomic mass is 19.2. The van der Waals surface area contributed by atoms with Crippen molar-refractivity contribution in [2.24, 2.45) is 0 Å². The maximum Gasteiger partial charge on any atom is 0.408 e. The van der Waals surface area contributed by atoms with Crippen molar-refractivity contribution in [3.63, 3.8) is 0 Å². The van der Waals surface area contributed by atoms with Gasteiger partial charge in [-0.3, -0.25) is 9.59 Å². The van der Waals surface area contributed by atoms with Gasteiger partial charge in [0.25, 0.3) is 0 Å². The Morgan fingerprint density at radius 2 is 1.48 bits per heavy atom. The van der Waals surface area contributed by atoms with Crippen molar-refractivity contribution >= 4 is 23.8 Å². The summed E-state index contributed by atoms with van der Waals surface area (Å²) >= 11 is 0. The molecule has 0 unspecified atom stereocenters. The van der Waals surface area contributed by atoms with E-state index in [1.54, 1.807) is 0 Å². The quantitative estimate of drug-likeness (QED) is 0.204. The number of carbonyl (C=O) groups is 4. The maximum atomic E-state index is 13.5. The Balaban J connectivity index is 2.92. The number of ether oxygens (including phenoxy) is 2. The van der Waals surface area contributed by atoms with Gasteiger partial charge >= 0.3 is 18.0 Å². The molecule has 0 aromatic heterocycles. The maximum absolute atomic E-state index is 13.5. The summed E-state index contributed by atoms with van der Waals surface area (Å²) in [7, 11) is 0. The predicted octanol–water partition coefficient (Wildman–Crippen LogP) is 1.86. The van der Waals surface area contributed by atoms with Crippen molar-refractivity contribution in [3.8, 4) is 0 Å². The van der Waals surface area contributed by atoms with Crippen molar-refractivity contribution in [1.82, 2.24) is 5.32 Å². The number of halogens is 5. The first-order valence-corrected chi connectivity index (χ1v) is 7.48. The van der Waals surface area contributed by atoms with Gasteiger partial charge in [0, 0.05) is 0 Å². The summed E-state index contributed by atoms with van der Waals surface area (Å²) in [5.74, 6) is -17.2. The smallest absolute Gasteiger partial charge is 0.408 e. The summed E-state index contributed by atoms with van der Waals surface area (Å²) in [4.78, 5) is 45.8. The number of carboxylic acids is 1. The number of alkyl carbamates (subject to hydrolysis) is 1. The first kappa shape index (κ1) is 23.5. The van der Waals surface area contributed by atoms with Crippen LogP contribution < -0.4 is 5.32 Å². The molecule has 1 rings (SSSR count). The van der Waals surface area contributed by atoms with Gasteiger partial charge in [-0.2, -0.15) is 0 Å². The third kappa shape index (κ3) is 5.99. The molecule has 0 aliphatic rings. The van der Waals surface area contributed by atoms with Gasteiger partial charge in [0.05, 0.1) is 6.42 Å². The molecule has 0 aliphatic carbocycles. The highest BCUT2D eigenvalue weighted by molar-refractivity contribution is 5.95. The van der Waals surface area contributed by atoms with E-state index in [1.807, 2.05) is 5.32 Å². The number of esters is 1. The van der Waals surface area contributed by atoms with Crippen molar-refractivity contribution in [1.29, 1.82) is 0 Å². The number of ketones is 1. The molecule has 29 heavy (non-hydrogen) atoms. The topological polar surface area (TPSA) is 119 Å². The number of Topliss-reactive ketones (excluding diaryl/α,β-unsaturated/α-hetero) is 1. The van der Waals surface area contributed by atoms with Crippen LogP contribution in [0.5, 0.6) is 0 Å². The summed E-state index contributed by atoms with van der Waals surface area (Å²) in [5.41, 5.74) is -1.94. The normalized spacial score (nSPS) is 11.3. The molecule has 13 heteroatoms. The van der Waals surface area contributed by atoms with Gasteiger partial charge in [0.2, 0.25) is 5.82 Å². The number of hydrogen-bond acceptors (Lipinski definition) is 6. The van der Waals surface area contributed by atoms with E-state index in [9.17, 15) is 41.1 Å². The molecule has 0 aliphatic heterocycles. The molecule has 0 heterocycles. The lowest BCUT2D eigenvalue weighted by Crippen LogP contribution is -2.44. The number of nitrogens with one attached hydrogen (secondary N) is 1. The van der Waals surface area contributed by atoms with Gasteiger partial charge < -0.3 is 19.9 Å². The van der Waals surface area contributed by atoms with Crippen LogP contribution in [0.25, 0.3) is 0 Å². The van der Waals surface area contributed by atoms with E-state index in [1.165, 1.54) is 6.08 Å². The fourth-order valence-electron chi connectivity index (χ4n) is 1.83. The molecule has 0 spiro atoms. The zero-order valence-electron chi connectivity index (χ0n) is 14.3. The van der Waals surface area contributed by atoms with Crippen LogP contribution in [-0.4, -0.2) is 48.2 Å². The third-order valence-corrected chi connectivity index (χ3v) is 3.15. The fraction of sp³-hybridized carbons (Fsp3) is 0.250. The molecular weight excluding hydrogens is 413 g/mol. The summed E-state index contributed by atoms with van der Waals surface area (Å²) in [6, 6.07) is -1.78. The molecule has 1 aromatic carbocycles. The first-order valence-electron chi connectivity index (χ1n) is 7.48. The van der Waals surface area contributed by atoms with Crippen LogP contribution in [0.1, 0.15) is 16.8 Å². The molecule has 158 valence electrons. The summed E-state index contributed by atoms with van der Waals surface area (Å²) in [6.07, 6.45) is -1.04. The van der Waals surface area contributed by atoms with Crippen molar-refractivity contribution in [2.45, 2.75) is 12.5 Å². The molecule has 0 saturated heterocycles. The standard InChI is InChI=1S/C16H12F5NO7/c1-2-3-28-16(27)22-6(4-8(24)25)7(23)5-29-15(26)9-10(17)12(19)14(21)13(20)11(9)18/h2,6H,1,3-5H2,(H,22,27)(H,24,25)/t6-/m0/s1. The third-order valence-electron chi connectivity index (χ3n) is 3.15. The van der Waals surface area contributed by atoms with E-state index >= 15 is 0 Å². The molecule has 0 radical (unpaired) electrons. The minimum Gasteiger partial charge on any atom is -0.481 e. The summed E-state index contributed by atoms with van der Waals surface area (Å²) in [5, 5.41) is 10.6. The fourth-order valence-corrected chi connectivity index (χ4v) is 1.83. The van der Waals surface area contributed by atoms with Crippen LogP contribution >= 0.6 is 0 Å². The second-order valence-electron chi connectivity index (χ2n) is 5.17. The highest BCUT2D eigenvalue weighted by Crippen LogP contribution is 2.23. The lowest BCUT2D eigenvalue weighted by molar-refractivity contribution is -0.139. The van der Waals surface area contributed by atoms with Crippen LogP contribution in [0.3, 0.4) is 0 Å². The zero-order valence-corrected chi connectivity index (χ0v) is 14.3. The Kier molecular flexibility index (Phi) is 8.23. The Morgan fingerprint density at radius 1 is 0.966 bits per heavy atom. The van der Waals surface area contributed by atoms with E-state index in [0.717, 1.165) is 0 Å². The Morgan fingerprint density at radius 3 is 1.97 bits per heavy atom. The van der Waals surface area contributed by atoms with Crippen LogP contribution in [-0.2, 0) is 19.1 Å². The number of carboxylic acid groups (broad SMARTS) is 1. The molecule has 0 saturated carbocycles. The predicted molar refractivity (Wildman–Crippen MR) is 82.2 cm³/mol. The number of carbonyl (C=O) groups excluding carboxylic acids is 3. The Hall–Kier alpha value is -3.51.